The Bertz CT molecular complexity index is 374. The quantitative estimate of drug-likeness (QED) is 0.591. The van der Waals surface area contributed by atoms with Crippen LogP contribution in [0.15, 0.2) is 0 Å². The van der Waals surface area contributed by atoms with Crippen LogP contribution in [0.3, 0.4) is 0 Å². The summed E-state index contributed by atoms with van der Waals surface area (Å²) in [5, 5.41) is 10.7. The summed E-state index contributed by atoms with van der Waals surface area (Å²) >= 11 is 0. The third kappa shape index (κ3) is 0.496. The lowest BCUT2D eigenvalue weighted by Crippen LogP contribution is -2.76. The van der Waals surface area contributed by atoms with E-state index in [0.29, 0.717) is 5.41 Å². The highest BCUT2D eigenvalue weighted by molar-refractivity contribution is 5.24. The molecule has 8 fully saturated rings. The fourth-order valence-electron chi connectivity index (χ4n) is 6.46. The van der Waals surface area contributed by atoms with Crippen molar-refractivity contribution in [2.45, 2.75) is 56.8 Å². The summed E-state index contributed by atoms with van der Waals surface area (Å²) in [5.74, 6) is 0.980. The molecule has 4 atom stereocenters. The van der Waals surface area contributed by atoms with E-state index < -0.39 is 0 Å². The molecule has 0 amide bonds. The zero-order valence-electron chi connectivity index (χ0n) is 9.71. The van der Waals surface area contributed by atoms with Crippen molar-refractivity contribution in [1.82, 2.24) is 20.3 Å². The number of hydrogen-bond donors (Lipinski definition) is 0. The molecule has 6 saturated heterocycles. The van der Waals surface area contributed by atoms with Crippen molar-refractivity contribution in [1.29, 1.82) is 0 Å². The molecule has 4 nitrogen and oxygen atoms in total. The third-order valence-electron chi connectivity index (χ3n) is 6.80. The second-order valence-electron chi connectivity index (χ2n) is 6.87. The molecule has 86 valence electrons. The van der Waals surface area contributed by atoms with Gasteiger partial charge in [0.2, 0.25) is 0 Å². The van der Waals surface area contributed by atoms with Gasteiger partial charge in [-0.15, -0.1) is 0 Å². The molecule has 0 aromatic carbocycles. The van der Waals surface area contributed by atoms with Gasteiger partial charge in [0, 0.05) is 35.5 Å². The Kier molecular flexibility index (Phi) is 0.997. The number of hydrogen-bond acceptors (Lipinski definition) is 4. The molecule has 6 aliphatic heterocycles. The van der Waals surface area contributed by atoms with Crippen LogP contribution in [0, 0.1) is 11.3 Å². The first-order chi connectivity index (χ1) is 7.82. The maximum absolute atomic E-state index is 2.70. The van der Waals surface area contributed by atoms with E-state index in [1.165, 1.54) is 32.4 Å². The lowest BCUT2D eigenvalue weighted by atomic mass is 9.51. The molecule has 0 N–H and O–H groups in total. The minimum atomic E-state index is 0.624. The number of hydrazine groups is 3. The summed E-state index contributed by atoms with van der Waals surface area (Å²) < 4.78 is 0. The van der Waals surface area contributed by atoms with Crippen molar-refractivity contribution in [2.75, 3.05) is 6.67 Å². The van der Waals surface area contributed by atoms with Gasteiger partial charge in [0.25, 0.3) is 0 Å². The van der Waals surface area contributed by atoms with Crippen LogP contribution in [0.5, 0.6) is 0 Å². The molecule has 7 bridgehead atoms. The van der Waals surface area contributed by atoms with Gasteiger partial charge in [0.05, 0.1) is 6.67 Å². The van der Waals surface area contributed by atoms with Crippen LogP contribution >= 0.6 is 0 Å². The van der Waals surface area contributed by atoms with E-state index in [0.717, 1.165) is 30.1 Å². The van der Waals surface area contributed by atoms with Gasteiger partial charge in [-0.1, -0.05) is 6.92 Å². The minimum absolute atomic E-state index is 0.624. The topological polar surface area (TPSA) is 13.0 Å². The highest BCUT2D eigenvalue weighted by Crippen LogP contribution is 2.69. The van der Waals surface area contributed by atoms with Crippen LogP contribution in [-0.4, -0.2) is 51.1 Å². The summed E-state index contributed by atoms with van der Waals surface area (Å²) in [6.45, 7) is 3.81. The Morgan fingerprint density at radius 1 is 0.875 bits per heavy atom. The van der Waals surface area contributed by atoms with Gasteiger partial charge in [-0.25, -0.2) is 10.0 Å². The highest BCUT2D eigenvalue weighted by Gasteiger charge is 2.79. The first-order valence-corrected chi connectivity index (χ1v) is 6.93. The van der Waals surface area contributed by atoms with Gasteiger partial charge < -0.3 is 0 Å². The monoisotopic (exact) mass is 218 g/mol. The predicted octanol–water partition coefficient (Wildman–Crippen LogP) is 0.636. The zero-order valence-corrected chi connectivity index (χ0v) is 9.71. The molecule has 8 rings (SSSR count). The van der Waals surface area contributed by atoms with Crippen molar-refractivity contribution >= 4 is 0 Å². The lowest BCUT2D eigenvalue weighted by molar-refractivity contribution is -0.222. The van der Waals surface area contributed by atoms with Crippen molar-refractivity contribution in [2.24, 2.45) is 11.3 Å². The Balaban J connectivity index is 1.73. The van der Waals surface area contributed by atoms with Gasteiger partial charge in [-0.05, 0) is 25.7 Å². The van der Waals surface area contributed by atoms with Crippen LogP contribution in [0.25, 0.3) is 0 Å². The maximum atomic E-state index is 2.70. The third-order valence-corrected chi connectivity index (χ3v) is 6.80. The van der Waals surface area contributed by atoms with E-state index in [2.05, 4.69) is 27.2 Å². The van der Waals surface area contributed by atoms with Gasteiger partial charge in [0.15, 0.2) is 0 Å². The molecular weight excluding hydrogens is 200 g/mol. The molecule has 16 heavy (non-hydrogen) atoms. The van der Waals surface area contributed by atoms with E-state index >= 15 is 0 Å². The molecule has 0 aromatic rings. The van der Waals surface area contributed by atoms with Gasteiger partial charge in [-0.3, -0.25) is 0 Å². The van der Waals surface area contributed by atoms with E-state index in [1.807, 2.05) is 0 Å². The molecule has 4 unspecified atom stereocenters. The number of nitrogens with zero attached hydrogens (tertiary/aromatic N) is 4. The fourth-order valence-corrected chi connectivity index (χ4v) is 6.46. The van der Waals surface area contributed by atoms with E-state index in [9.17, 15) is 0 Å². The van der Waals surface area contributed by atoms with Crippen molar-refractivity contribution in [3.05, 3.63) is 0 Å². The summed E-state index contributed by atoms with van der Waals surface area (Å²) in [6.07, 6.45) is 5.82. The lowest BCUT2D eigenvalue weighted by Gasteiger charge is -2.66. The minimum Gasteiger partial charge on any atom is -0.207 e. The SMILES string of the molecule is CC12C3C4CCC1N1N4CN4C3CCC2N41. The van der Waals surface area contributed by atoms with Gasteiger partial charge >= 0.3 is 0 Å². The molecule has 0 aromatic heterocycles. The Hall–Kier alpha value is -0.160. The molecule has 0 radical (unpaired) electrons. The van der Waals surface area contributed by atoms with Crippen molar-refractivity contribution in [3.8, 4) is 0 Å². The normalized spacial score (nSPS) is 66.9. The average Bonchev–Trinajstić information content (AvgIpc) is 2.79. The Labute approximate surface area is 95.7 Å². The second kappa shape index (κ2) is 1.99. The molecular formula is C12H18N4. The van der Waals surface area contributed by atoms with Crippen molar-refractivity contribution in [3.63, 3.8) is 0 Å². The Morgan fingerprint density at radius 3 is 2.00 bits per heavy atom. The summed E-state index contributed by atoms with van der Waals surface area (Å²) in [6, 6.07) is 3.43. The van der Waals surface area contributed by atoms with E-state index in [1.54, 1.807) is 0 Å². The first kappa shape index (κ1) is 8.03. The summed E-state index contributed by atoms with van der Waals surface area (Å²) in [5.41, 5.74) is 0.624. The standard InChI is InChI=1S/C12H18N4/c1-12-9-4-2-7-11(12)8-3-5-10(12)16-14(8)6-13(7)15(9)16/h7-11H,2-6H2,1H3. The average molecular weight is 218 g/mol. The maximum Gasteiger partial charge on any atom is 0.0821 e. The summed E-state index contributed by atoms with van der Waals surface area (Å²) in [4.78, 5) is 0. The van der Waals surface area contributed by atoms with Crippen LogP contribution in [0.1, 0.15) is 32.6 Å². The largest absolute Gasteiger partial charge is 0.207 e. The van der Waals surface area contributed by atoms with Crippen LogP contribution < -0.4 is 0 Å². The Morgan fingerprint density at radius 2 is 1.44 bits per heavy atom. The van der Waals surface area contributed by atoms with Crippen LogP contribution in [-0.2, 0) is 0 Å². The number of fused-ring (bicyclic) bond motifs is 2. The predicted molar refractivity (Wildman–Crippen MR) is 57.4 cm³/mol. The van der Waals surface area contributed by atoms with E-state index in [4.69, 9.17) is 0 Å². The molecule has 2 saturated carbocycles. The van der Waals surface area contributed by atoms with Crippen LogP contribution in [0.4, 0.5) is 0 Å². The van der Waals surface area contributed by atoms with Gasteiger partial charge in [0.1, 0.15) is 0 Å². The smallest absolute Gasteiger partial charge is 0.0821 e. The van der Waals surface area contributed by atoms with Crippen molar-refractivity contribution < 1.29 is 0 Å². The molecule has 4 heteroatoms. The molecule has 2 aliphatic carbocycles. The first-order valence-electron chi connectivity index (χ1n) is 6.93. The molecule has 6 heterocycles. The summed E-state index contributed by atoms with van der Waals surface area (Å²) in [7, 11) is 0. The van der Waals surface area contributed by atoms with Gasteiger partial charge in [-0.2, -0.15) is 10.2 Å². The zero-order chi connectivity index (χ0) is 10.2. The number of rotatable bonds is 0. The van der Waals surface area contributed by atoms with E-state index in [-0.39, 0.29) is 0 Å². The van der Waals surface area contributed by atoms with Crippen LogP contribution in [0.2, 0.25) is 0 Å². The second-order valence-corrected chi connectivity index (χ2v) is 6.87. The highest BCUT2D eigenvalue weighted by atomic mass is 16.1. The fraction of sp³-hybridized carbons (Fsp3) is 1.00. The molecule has 0 spiro atoms. The molecule has 8 aliphatic rings.